The maximum atomic E-state index is 10.8. The van der Waals surface area contributed by atoms with Crippen molar-refractivity contribution in [1.82, 2.24) is 0 Å². The first-order valence-electron chi connectivity index (χ1n) is 9.70. The maximum Gasteiger partial charge on any atom is 0.127 e. The largest absolute Gasteiger partial charge is 0.507 e. The molecule has 26 heavy (non-hydrogen) atoms. The Labute approximate surface area is 156 Å². The minimum Gasteiger partial charge on any atom is -0.507 e. The Balaban J connectivity index is 1.67. The average Bonchev–Trinajstić information content (AvgIpc) is 2.59. The number of allylic oxidation sites excluding steroid dienone is 2. The van der Waals surface area contributed by atoms with Crippen LogP contribution < -0.4 is 4.74 Å². The predicted molar refractivity (Wildman–Crippen MR) is 106 cm³/mol. The van der Waals surface area contributed by atoms with Gasteiger partial charge in [-0.1, -0.05) is 42.0 Å². The fraction of sp³-hybridized carbons (Fsp3) is 0.417. The summed E-state index contributed by atoms with van der Waals surface area (Å²) in [7, 11) is 0. The van der Waals surface area contributed by atoms with E-state index in [4.69, 9.17) is 4.74 Å². The van der Waals surface area contributed by atoms with Gasteiger partial charge in [-0.25, -0.2) is 0 Å². The molecule has 0 amide bonds. The highest BCUT2D eigenvalue weighted by atomic mass is 16.5. The van der Waals surface area contributed by atoms with E-state index in [0.29, 0.717) is 11.7 Å². The van der Waals surface area contributed by atoms with Gasteiger partial charge in [0.25, 0.3) is 0 Å². The van der Waals surface area contributed by atoms with Crippen molar-refractivity contribution in [2.24, 2.45) is 5.92 Å². The summed E-state index contributed by atoms with van der Waals surface area (Å²) in [6.07, 6.45) is 6.46. The number of rotatable bonds is 3. The number of phenolic OH excluding ortho intramolecular Hbond substituents is 1. The van der Waals surface area contributed by atoms with Crippen molar-refractivity contribution in [1.29, 1.82) is 0 Å². The Hall–Kier alpha value is -2.22. The van der Waals surface area contributed by atoms with Crippen LogP contribution in [0.5, 0.6) is 11.5 Å². The predicted octanol–water partition coefficient (Wildman–Crippen LogP) is 5.79. The second kappa shape index (κ2) is 6.50. The first kappa shape index (κ1) is 17.2. The number of aromatic hydroxyl groups is 1. The summed E-state index contributed by atoms with van der Waals surface area (Å²) in [5, 5.41) is 10.8. The summed E-state index contributed by atoms with van der Waals surface area (Å²) < 4.78 is 6.41. The van der Waals surface area contributed by atoms with E-state index in [1.54, 1.807) is 0 Å². The lowest BCUT2D eigenvalue weighted by atomic mass is 9.68. The molecule has 136 valence electrons. The molecule has 1 heterocycles. The second-order valence-corrected chi connectivity index (χ2v) is 8.40. The van der Waals surface area contributed by atoms with Crippen molar-refractivity contribution < 1.29 is 9.84 Å². The van der Waals surface area contributed by atoms with Crippen molar-refractivity contribution in [3.63, 3.8) is 0 Å². The zero-order valence-electron chi connectivity index (χ0n) is 16.0. The van der Waals surface area contributed by atoms with Gasteiger partial charge in [-0.15, -0.1) is 0 Å². The summed E-state index contributed by atoms with van der Waals surface area (Å²) in [6.45, 7) is 6.58. The lowest BCUT2D eigenvalue weighted by Gasteiger charge is -2.46. The molecule has 0 spiro atoms. The van der Waals surface area contributed by atoms with Crippen LogP contribution in [-0.4, -0.2) is 10.7 Å². The third-order valence-corrected chi connectivity index (χ3v) is 6.07. The van der Waals surface area contributed by atoms with Crippen LogP contribution in [0.2, 0.25) is 0 Å². The number of hydrogen-bond donors (Lipinski definition) is 1. The van der Waals surface area contributed by atoms with Crippen molar-refractivity contribution in [3.05, 3.63) is 70.8 Å². The molecule has 0 saturated carbocycles. The van der Waals surface area contributed by atoms with Gasteiger partial charge in [0.05, 0.1) is 0 Å². The molecule has 2 aromatic rings. The summed E-state index contributed by atoms with van der Waals surface area (Å²) in [5.74, 6) is 1.93. The standard InChI is InChI=1S/C24H28O2/c1-16-9-12-20-19(13-16)23-21(25)14-18(15-22(23)26-24(20,2)3)11-10-17-7-5-4-6-8-17/h4-8,13-15,19-20,25H,9-12H2,1-3H3. The van der Waals surface area contributed by atoms with Gasteiger partial charge >= 0.3 is 0 Å². The molecule has 0 aromatic heterocycles. The van der Waals surface area contributed by atoms with E-state index in [1.807, 2.05) is 12.1 Å². The summed E-state index contributed by atoms with van der Waals surface area (Å²) in [4.78, 5) is 0. The summed E-state index contributed by atoms with van der Waals surface area (Å²) >= 11 is 0. The zero-order chi connectivity index (χ0) is 18.3. The number of aryl methyl sites for hydroxylation is 2. The lowest BCUT2D eigenvalue weighted by molar-refractivity contribution is 0.0107. The summed E-state index contributed by atoms with van der Waals surface area (Å²) in [5.41, 5.74) is 4.64. The van der Waals surface area contributed by atoms with Gasteiger partial charge in [-0.2, -0.15) is 0 Å². The van der Waals surface area contributed by atoms with Gasteiger partial charge in [-0.05, 0) is 69.7 Å². The molecule has 1 aliphatic carbocycles. The quantitative estimate of drug-likeness (QED) is 0.712. The molecule has 0 fully saturated rings. The van der Waals surface area contributed by atoms with Gasteiger partial charge in [0.2, 0.25) is 0 Å². The van der Waals surface area contributed by atoms with Crippen molar-refractivity contribution in [2.45, 2.75) is 58.0 Å². The fourth-order valence-electron chi connectivity index (χ4n) is 4.66. The highest BCUT2D eigenvalue weighted by Crippen LogP contribution is 2.53. The molecule has 2 aliphatic rings. The molecule has 1 N–H and O–H groups in total. The lowest BCUT2D eigenvalue weighted by Crippen LogP contribution is -2.45. The van der Waals surface area contributed by atoms with Gasteiger partial charge in [0, 0.05) is 17.4 Å². The van der Waals surface area contributed by atoms with Gasteiger partial charge in [0.1, 0.15) is 17.1 Å². The molecular weight excluding hydrogens is 320 g/mol. The minimum absolute atomic E-state index is 0.209. The fourth-order valence-corrected chi connectivity index (χ4v) is 4.66. The topological polar surface area (TPSA) is 29.5 Å². The third-order valence-electron chi connectivity index (χ3n) is 6.07. The van der Waals surface area contributed by atoms with E-state index in [9.17, 15) is 5.11 Å². The SMILES string of the molecule is CC1=CC2c3c(O)cc(CCc4ccccc4)cc3OC(C)(C)C2CC1. The van der Waals surface area contributed by atoms with Crippen LogP contribution in [0, 0.1) is 5.92 Å². The van der Waals surface area contributed by atoms with Crippen molar-refractivity contribution >= 4 is 0 Å². The molecule has 2 aromatic carbocycles. The molecule has 0 saturated heterocycles. The number of phenols is 1. The summed E-state index contributed by atoms with van der Waals surface area (Å²) in [6, 6.07) is 14.6. The number of ether oxygens (including phenoxy) is 1. The van der Waals surface area contributed by atoms with E-state index in [2.05, 4.69) is 57.2 Å². The van der Waals surface area contributed by atoms with Crippen LogP contribution in [-0.2, 0) is 12.8 Å². The third kappa shape index (κ3) is 3.13. The zero-order valence-corrected chi connectivity index (χ0v) is 16.0. The molecule has 0 bridgehead atoms. The highest BCUT2D eigenvalue weighted by molar-refractivity contribution is 5.54. The number of fused-ring (bicyclic) bond motifs is 3. The smallest absolute Gasteiger partial charge is 0.127 e. The van der Waals surface area contributed by atoms with Crippen LogP contribution in [0.4, 0.5) is 0 Å². The monoisotopic (exact) mass is 348 g/mol. The highest BCUT2D eigenvalue weighted by Gasteiger charge is 2.45. The Morgan fingerprint density at radius 2 is 1.81 bits per heavy atom. The number of benzene rings is 2. The van der Waals surface area contributed by atoms with E-state index in [1.165, 1.54) is 11.1 Å². The second-order valence-electron chi connectivity index (χ2n) is 8.40. The van der Waals surface area contributed by atoms with E-state index in [0.717, 1.165) is 42.6 Å². The number of hydrogen-bond acceptors (Lipinski definition) is 2. The molecular formula is C24H28O2. The maximum absolute atomic E-state index is 10.8. The molecule has 0 radical (unpaired) electrons. The van der Waals surface area contributed by atoms with Gasteiger partial charge < -0.3 is 9.84 Å². The molecule has 1 aliphatic heterocycles. The van der Waals surface area contributed by atoms with Crippen molar-refractivity contribution in [2.75, 3.05) is 0 Å². The van der Waals surface area contributed by atoms with Gasteiger partial charge in [0.15, 0.2) is 0 Å². The Kier molecular flexibility index (Phi) is 4.30. The normalized spacial score (nSPS) is 23.4. The molecule has 2 heteroatoms. The van der Waals surface area contributed by atoms with Crippen LogP contribution >= 0.6 is 0 Å². The van der Waals surface area contributed by atoms with E-state index < -0.39 is 0 Å². The van der Waals surface area contributed by atoms with E-state index >= 15 is 0 Å². The van der Waals surface area contributed by atoms with Gasteiger partial charge in [-0.3, -0.25) is 0 Å². The van der Waals surface area contributed by atoms with Crippen LogP contribution in [0.25, 0.3) is 0 Å². The molecule has 2 nitrogen and oxygen atoms in total. The first-order chi connectivity index (χ1) is 12.4. The van der Waals surface area contributed by atoms with E-state index in [-0.39, 0.29) is 11.5 Å². The Morgan fingerprint density at radius 1 is 1.08 bits per heavy atom. The Bertz CT molecular complexity index is 833. The average molecular weight is 348 g/mol. The molecule has 2 unspecified atom stereocenters. The van der Waals surface area contributed by atoms with Crippen LogP contribution in [0.3, 0.4) is 0 Å². The first-order valence-corrected chi connectivity index (χ1v) is 9.70. The van der Waals surface area contributed by atoms with Crippen molar-refractivity contribution in [3.8, 4) is 11.5 Å². The Morgan fingerprint density at radius 3 is 2.58 bits per heavy atom. The minimum atomic E-state index is -0.209. The van der Waals surface area contributed by atoms with Crippen LogP contribution in [0.1, 0.15) is 56.2 Å². The molecule has 2 atom stereocenters. The molecule has 4 rings (SSSR count). The van der Waals surface area contributed by atoms with Crippen LogP contribution in [0.15, 0.2) is 54.1 Å².